The van der Waals surface area contributed by atoms with E-state index in [9.17, 15) is 30.8 Å². The van der Waals surface area contributed by atoms with Gasteiger partial charge >= 0.3 is 12.5 Å². The van der Waals surface area contributed by atoms with Gasteiger partial charge in [-0.05, 0) is 35.4 Å². The average molecular weight is 470 g/mol. The number of amides is 1. The van der Waals surface area contributed by atoms with E-state index in [2.05, 4.69) is 4.74 Å². The SMILES string of the molecule is O=C(N1CC2=C(C1)CN(S(=O)(=O)c1ccc(OC(F)F)cc1)C2)C(F)(F)c1ccccc1. The van der Waals surface area contributed by atoms with E-state index >= 15 is 0 Å². The zero-order chi connectivity index (χ0) is 23.1. The Bertz CT molecular complexity index is 1130. The summed E-state index contributed by atoms with van der Waals surface area (Å²) in [7, 11) is -3.94. The predicted octanol–water partition coefficient (Wildman–Crippen LogP) is 3.22. The minimum Gasteiger partial charge on any atom is -0.435 e. The first-order chi connectivity index (χ1) is 15.1. The highest BCUT2D eigenvalue weighted by Crippen LogP contribution is 2.35. The van der Waals surface area contributed by atoms with Gasteiger partial charge in [0.15, 0.2) is 0 Å². The zero-order valence-corrected chi connectivity index (χ0v) is 17.4. The third-order valence-electron chi connectivity index (χ3n) is 5.38. The first-order valence-electron chi connectivity index (χ1n) is 9.56. The van der Waals surface area contributed by atoms with Gasteiger partial charge in [0.25, 0.3) is 5.91 Å². The van der Waals surface area contributed by atoms with Crippen LogP contribution in [0.5, 0.6) is 5.75 Å². The highest BCUT2D eigenvalue weighted by atomic mass is 32.2. The molecule has 2 aliphatic rings. The van der Waals surface area contributed by atoms with E-state index in [0.717, 1.165) is 33.5 Å². The maximum absolute atomic E-state index is 14.6. The van der Waals surface area contributed by atoms with Gasteiger partial charge in [-0.1, -0.05) is 30.3 Å². The fraction of sp³-hybridized carbons (Fsp3) is 0.286. The lowest BCUT2D eigenvalue weighted by molar-refractivity contribution is -0.157. The molecule has 1 amide bonds. The summed E-state index contributed by atoms with van der Waals surface area (Å²) < 4.78 is 84.8. The lowest BCUT2D eigenvalue weighted by atomic mass is 10.1. The van der Waals surface area contributed by atoms with Crippen molar-refractivity contribution < 1.29 is 35.5 Å². The van der Waals surface area contributed by atoms with Crippen molar-refractivity contribution in [2.24, 2.45) is 0 Å². The molecule has 0 atom stereocenters. The molecule has 0 fully saturated rings. The van der Waals surface area contributed by atoms with E-state index in [1.165, 1.54) is 24.3 Å². The molecule has 6 nitrogen and oxygen atoms in total. The number of hydrogen-bond donors (Lipinski definition) is 0. The molecule has 0 N–H and O–H groups in total. The number of halogens is 4. The molecule has 0 radical (unpaired) electrons. The van der Waals surface area contributed by atoms with E-state index in [-0.39, 0.29) is 36.8 Å². The van der Waals surface area contributed by atoms with E-state index in [1.807, 2.05) is 0 Å². The third-order valence-corrected chi connectivity index (χ3v) is 7.18. The van der Waals surface area contributed by atoms with E-state index < -0.39 is 34.0 Å². The molecule has 0 saturated carbocycles. The summed E-state index contributed by atoms with van der Waals surface area (Å²) in [5, 5.41) is 0. The van der Waals surface area contributed by atoms with Crippen molar-refractivity contribution in [3.63, 3.8) is 0 Å². The maximum atomic E-state index is 14.6. The minimum absolute atomic E-state index is 0.0341. The summed E-state index contributed by atoms with van der Waals surface area (Å²) >= 11 is 0. The van der Waals surface area contributed by atoms with E-state index in [1.54, 1.807) is 6.07 Å². The number of alkyl halides is 4. The van der Waals surface area contributed by atoms with Crippen LogP contribution in [0.1, 0.15) is 5.56 Å². The van der Waals surface area contributed by atoms with Crippen LogP contribution in [0.4, 0.5) is 17.6 Å². The number of rotatable bonds is 6. The molecule has 0 spiro atoms. The van der Waals surface area contributed by atoms with E-state index in [4.69, 9.17) is 0 Å². The fourth-order valence-corrected chi connectivity index (χ4v) is 5.20. The molecular weight excluding hydrogens is 452 g/mol. The molecule has 2 heterocycles. The highest BCUT2D eigenvalue weighted by Gasteiger charge is 2.47. The summed E-state index contributed by atoms with van der Waals surface area (Å²) in [6.07, 6.45) is 0. The summed E-state index contributed by atoms with van der Waals surface area (Å²) in [6.45, 7) is -3.25. The molecule has 2 aromatic carbocycles. The molecule has 0 aromatic heterocycles. The smallest absolute Gasteiger partial charge is 0.387 e. The summed E-state index contributed by atoms with van der Waals surface area (Å²) in [5.41, 5.74) is 0.799. The van der Waals surface area contributed by atoms with Crippen molar-refractivity contribution in [3.8, 4) is 5.75 Å². The molecule has 0 unspecified atom stereocenters. The van der Waals surface area contributed by atoms with Crippen molar-refractivity contribution >= 4 is 15.9 Å². The molecule has 32 heavy (non-hydrogen) atoms. The van der Waals surface area contributed by atoms with Crippen molar-refractivity contribution in [1.29, 1.82) is 0 Å². The Labute approximate surface area is 181 Å². The largest absolute Gasteiger partial charge is 0.435 e. The number of ether oxygens (including phenoxy) is 1. The van der Waals surface area contributed by atoms with Crippen molar-refractivity contribution in [2.45, 2.75) is 17.4 Å². The molecule has 170 valence electrons. The molecule has 0 saturated heterocycles. The van der Waals surface area contributed by atoms with Gasteiger partial charge in [0, 0.05) is 31.7 Å². The monoisotopic (exact) mass is 470 g/mol. The minimum atomic E-state index is -3.94. The average Bonchev–Trinajstić information content (AvgIpc) is 3.33. The number of carbonyl (C=O) groups is 1. The number of hydrogen-bond acceptors (Lipinski definition) is 4. The quantitative estimate of drug-likeness (QED) is 0.481. The van der Waals surface area contributed by atoms with Crippen LogP contribution in [-0.2, 0) is 20.7 Å². The summed E-state index contributed by atoms with van der Waals surface area (Å²) in [5.74, 6) is -5.19. The lowest BCUT2D eigenvalue weighted by Gasteiger charge is -2.26. The Morgan fingerprint density at radius 1 is 0.906 bits per heavy atom. The van der Waals surface area contributed by atoms with Crippen LogP contribution < -0.4 is 4.74 Å². The number of carbonyl (C=O) groups excluding carboxylic acids is 1. The molecule has 0 bridgehead atoms. The van der Waals surface area contributed by atoms with Crippen molar-refractivity contribution in [2.75, 3.05) is 26.2 Å². The van der Waals surface area contributed by atoms with Gasteiger partial charge in [0.05, 0.1) is 4.90 Å². The normalized spacial score (nSPS) is 17.2. The van der Waals surface area contributed by atoms with Crippen molar-refractivity contribution in [1.82, 2.24) is 9.21 Å². The Hall–Kier alpha value is -2.92. The first kappa shape index (κ1) is 22.3. The van der Waals surface area contributed by atoms with Crippen LogP contribution in [0.3, 0.4) is 0 Å². The molecule has 2 aliphatic heterocycles. The lowest BCUT2D eigenvalue weighted by Crippen LogP contribution is -2.43. The second-order valence-corrected chi connectivity index (χ2v) is 9.37. The Morgan fingerprint density at radius 3 is 2.00 bits per heavy atom. The molecule has 0 aliphatic carbocycles. The first-order valence-corrected chi connectivity index (χ1v) is 11.0. The zero-order valence-electron chi connectivity index (χ0n) is 16.5. The van der Waals surface area contributed by atoms with E-state index in [0.29, 0.717) is 11.1 Å². The Kier molecular flexibility index (Phi) is 5.72. The standard InChI is InChI=1S/C21H18F4N2O4S/c22-20(23)31-17-6-8-18(9-7-17)32(29,30)27-12-14-10-26(11-15(14)13-27)19(28)21(24,25)16-4-2-1-3-5-16/h1-9,20H,10-13H2. The van der Waals surface area contributed by atoms with Crippen LogP contribution in [0.2, 0.25) is 0 Å². The van der Waals surface area contributed by atoms with Crippen LogP contribution in [0, 0.1) is 0 Å². The van der Waals surface area contributed by atoms with Gasteiger partial charge < -0.3 is 9.64 Å². The van der Waals surface area contributed by atoms with Crippen LogP contribution in [0.15, 0.2) is 70.6 Å². The van der Waals surface area contributed by atoms with Crippen molar-refractivity contribution in [3.05, 3.63) is 71.3 Å². The Balaban J connectivity index is 1.42. The molecule has 2 aromatic rings. The maximum Gasteiger partial charge on any atom is 0.387 e. The van der Waals surface area contributed by atoms with Gasteiger partial charge in [-0.3, -0.25) is 4.79 Å². The number of benzene rings is 2. The second kappa shape index (κ2) is 8.21. The number of nitrogens with zero attached hydrogens (tertiary/aromatic N) is 2. The van der Waals surface area contributed by atoms with Crippen LogP contribution in [0.25, 0.3) is 0 Å². The fourth-order valence-electron chi connectivity index (χ4n) is 3.77. The van der Waals surface area contributed by atoms with Gasteiger partial charge in [0.2, 0.25) is 10.0 Å². The topological polar surface area (TPSA) is 66.9 Å². The number of sulfonamides is 1. The van der Waals surface area contributed by atoms with Crippen LogP contribution >= 0.6 is 0 Å². The highest BCUT2D eigenvalue weighted by molar-refractivity contribution is 7.89. The van der Waals surface area contributed by atoms with Crippen LogP contribution in [-0.4, -0.2) is 56.3 Å². The Morgan fingerprint density at radius 2 is 1.47 bits per heavy atom. The van der Waals surface area contributed by atoms with Gasteiger partial charge in [-0.15, -0.1) is 0 Å². The van der Waals surface area contributed by atoms with Gasteiger partial charge in [-0.2, -0.15) is 21.9 Å². The summed E-state index contributed by atoms with van der Waals surface area (Å²) in [4.78, 5) is 13.4. The molecule has 11 heteroatoms. The third kappa shape index (κ3) is 4.09. The molecular formula is C21H18F4N2O4S. The van der Waals surface area contributed by atoms with Gasteiger partial charge in [0.1, 0.15) is 5.75 Å². The summed E-state index contributed by atoms with van der Waals surface area (Å²) in [6, 6.07) is 11.4. The predicted molar refractivity (Wildman–Crippen MR) is 106 cm³/mol. The molecule has 4 rings (SSSR count). The second-order valence-electron chi connectivity index (χ2n) is 7.43. The van der Waals surface area contributed by atoms with Gasteiger partial charge in [-0.25, -0.2) is 8.42 Å².